The molecule has 0 unspecified atom stereocenters. The Kier molecular flexibility index (Phi) is 6.81. The molecule has 35 heavy (non-hydrogen) atoms. The van der Waals surface area contributed by atoms with Crippen molar-refractivity contribution in [1.29, 1.82) is 0 Å². The van der Waals surface area contributed by atoms with Gasteiger partial charge in [0.2, 0.25) is 5.91 Å². The molecule has 0 aliphatic carbocycles. The van der Waals surface area contributed by atoms with Gasteiger partial charge in [-0.15, -0.1) is 0 Å². The molecule has 4 aromatic rings. The standard InChI is InChI=1S/C25H21F3N6O/c26-25(27,28)18-12-7-13-19(14-18)32-22-21(29)23(31-15-30-22)33-34-24(35)20(16-8-3-1-4-9-16)17-10-5-2-6-11-17/h1-15,20H,29H2,(H,34,35)(H2,30,31,32,33). The highest BCUT2D eigenvalue weighted by Gasteiger charge is 2.30. The second kappa shape index (κ2) is 10.1. The molecular weight excluding hydrogens is 457 g/mol. The van der Waals surface area contributed by atoms with E-state index in [1.165, 1.54) is 18.5 Å². The van der Waals surface area contributed by atoms with Gasteiger partial charge in [-0.25, -0.2) is 9.97 Å². The lowest BCUT2D eigenvalue weighted by Crippen LogP contribution is -2.35. The van der Waals surface area contributed by atoms with Crippen LogP contribution in [0.1, 0.15) is 22.6 Å². The van der Waals surface area contributed by atoms with Gasteiger partial charge in [0.1, 0.15) is 12.0 Å². The Bertz CT molecular complexity index is 1260. The lowest BCUT2D eigenvalue weighted by molar-refractivity contribution is -0.137. The first-order valence-electron chi connectivity index (χ1n) is 10.5. The summed E-state index contributed by atoms with van der Waals surface area (Å²) >= 11 is 0. The Labute approximate surface area is 199 Å². The van der Waals surface area contributed by atoms with Crippen LogP contribution < -0.4 is 21.9 Å². The Morgan fingerprint density at radius 3 is 2.03 bits per heavy atom. The zero-order valence-corrected chi connectivity index (χ0v) is 18.3. The van der Waals surface area contributed by atoms with Crippen LogP contribution in [-0.2, 0) is 11.0 Å². The van der Waals surface area contributed by atoms with E-state index < -0.39 is 17.7 Å². The van der Waals surface area contributed by atoms with Crippen LogP contribution in [0.15, 0.2) is 91.3 Å². The molecule has 0 saturated heterocycles. The molecule has 1 amide bonds. The van der Waals surface area contributed by atoms with Crippen molar-refractivity contribution in [1.82, 2.24) is 15.4 Å². The van der Waals surface area contributed by atoms with E-state index in [0.717, 1.165) is 23.3 Å². The van der Waals surface area contributed by atoms with Gasteiger partial charge < -0.3 is 11.1 Å². The van der Waals surface area contributed by atoms with E-state index in [2.05, 4.69) is 26.1 Å². The average Bonchev–Trinajstić information content (AvgIpc) is 2.86. The third kappa shape index (κ3) is 5.67. The Balaban J connectivity index is 1.52. The van der Waals surface area contributed by atoms with E-state index in [1.54, 1.807) is 0 Å². The minimum atomic E-state index is -4.49. The number of nitrogens with zero attached hydrogens (tertiary/aromatic N) is 2. The van der Waals surface area contributed by atoms with Gasteiger partial charge in [0.05, 0.1) is 11.5 Å². The number of carbonyl (C=O) groups excluding carboxylic acids is 1. The fourth-order valence-corrected chi connectivity index (χ4v) is 3.48. The van der Waals surface area contributed by atoms with Gasteiger partial charge in [-0.2, -0.15) is 13.2 Å². The molecule has 1 aromatic heterocycles. The van der Waals surface area contributed by atoms with Crippen LogP contribution in [0.2, 0.25) is 0 Å². The summed E-state index contributed by atoms with van der Waals surface area (Å²) in [5, 5.41) is 2.76. The molecule has 10 heteroatoms. The number of hydrogen-bond donors (Lipinski definition) is 4. The number of nitrogen functional groups attached to an aromatic ring is 1. The molecule has 0 bridgehead atoms. The van der Waals surface area contributed by atoms with Crippen molar-refractivity contribution < 1.29 is 18.0 Å². The number of hydrogen-bond acceptors (Lipinski definition) is 6. The van der Waals surface area contributed by atoms with Gasteiger partial charge in [-0.05, 0) is 29.3 Å². The average molecular weight is 478 g/mol. The number of anilines is 4. The molecule has 5 N–H and O–H groups in total. The number of rotatable bonds is 7. The molecule has 0 spiro atoms. The largest absolute Gasteiger partial charge is 0.416 e. The number of carbonyl (C=O) groups is 1. The smallest absolute Gasteiger partial charge is 0.393 e. The van der Waals surface area contributed by atoms with E-state index >= 15 is 0 Å². The van der Waals surface area contributed by atoms with E-state index in [1.807, 2.05) is 60.7 Å². The predicted molar refractivity (Wildman–Crippen MR) is 128 cm³/mol. The molecule has 178 valence electrons. The molecule has 0 aliphatic rings. The molecule has 0 atom stereocenters. The number of alkyl halides is 3. The predicted octanol–water partition coefficient (Wildman–Crippen LogP) is 5.10. The summed E-state index contributed by atoms with van der Waals surface area (Å²) in [5.74, 6) is -0.787. The molecule has 7 nitrogen and oxygen atoms in total. The van der Waals surface area contributed by atoms with Gasteiger partial charge in [0.25, 0.3) is 0 Å². The minimum absolute atomic E-state index is 0.0150. The maximum absolute atomic E-state index is 13.2. The zero-order chi connectivity index (χ0) is 24.8. The highest BCUT2D eigenvalue weighted by molar-refractivity contribution is 5.89. The number of halogens is 3. The van der Waals surface area contributed by atoms with Gasteiger partial charge >= 0.3 is 6.18 Å². The summed E-state index contributed by atoms with van der Waals surface area (Å²) in [4.78, 5) is 21.2. The summed E-state index contributed by atoms with van der Waals surface area (Å²) in [5.41, 5.74) is 12.4. The number of nitrogens with one attached hydrogen (secondary N) is 3. The highest BCUT2D eigenvalue weighted by Crippen LogP contribution is 2.32. The van der Waals surface area contributed by atoms with Crippen LogP contribution >= 0.6 is 0 Å². The fourth-order valence-electron chi connectivity index (χ4n) is 3.48. The van der Waals surface area contributed by atoms with Gasteiger partial charge in [0, 0.05) is 5.69 Å². The number of hydrazine groups is 1. The lowest BCUT2D eigenvalue weighted by Gasteiger charge is -2.19. The summed E-state index contributed by atoms with van der Waals surface area (Å²) in [7, 11) is 0. The SMILES string of the molecule is Nc1c(NNC(=O)C(c2ccccc2)c2ccccc2)ncnc1Nc1cccc(C(F)(F)F)c1. The second-order valence-electron chi connectivity index (χ2n) is 7.56. The first-order chi connectivity index (χ1) is 16.8. The monoisotopic (exact) mass is 478 g/mol. The van der Waals surface area contributed by atoms with E-state index in [4.69, 9.17) is 5.73 Å². The highest BCUT2D eigenvalue weighted by atomic mass is 19.4. The molecule has 0 saturated carbocycles. The van der Waals surface area contributed by atoms with E-state index in [0.29, 0.717) is 0 Å². The van der Waals surface area contributed by atoms with Crippen LogP contribution in [0, 0.1) is 0 Å². The second-order valence-corrected chi connectivity index (χ2v) is 7.56. The molecular formula is C25H21F3N6O. The van der Waals surface area contributed by atoms with Crippen LogP contribution in [0.25, 0.3) is 0 Å². The molecule has 4 rings (SSSR count). The zero-order valence-electron chi connectivity index (χ0n) is 18.3. The first-order valence-corrected chi connectivity index (χ1v) is 10.5. The summed E-state index contributed by atoms with van der Waals surface area (Å²) in [6, 6.07) is 23.2. The van der Waals surface area contributed by atoms with Crippen molar-refractivity contribution >= 4 is 28.9 Å². The number of nitrogens with two attached hydrogens (primary N) is 1. The van der Waals surface area contributed by atoms with E-state index in [9.17, 15) is 18.0 Å². The van der Waals surface area contributed by atoms with Crippen LogP contribution in [0.4, 0.5) is 36.2 Å². The van der Waals surface area contributed by atoms with Crippen molar-refractivity contribution in [3.05, 3.63) is 108 Å². The Morgan fingerprint density at radius 1 is 0.829 bits per heavy atom. The summed E-state index contributed by atoms with van der Waals surface area (Å²) in [6.45, 7) is 0. The quantitative estimate of drug-likeness (QED) is 0.276. The molecule has 1 heterocycles. The van der Waals surface area contributed by atoms with E-state index in [-0.39, 0.29) is 28.9 Å². The fraction of sp³-hybridized carbons (Fsp3) is 0.0800. The third-order valence-corrected chi connectivity index (χ3v) is 5.17. The van der Waals surface area contributed by atoms with Crippen LogP contribution in [-0.4, -0.2) is 15.9 Å². The van der Waals surface area contributed by atoms with Crippen molar-refractivity contribution in [3.8, 4) is 0 Å². The Morgan fingerprint density at radius 2 is 1.43 bits per heavy atom. The van der Waals surface area contributed by atoms with Gasteiger partial charge in [-0.3, -0.25) is 15.6 Å². The minimum Gasteiger partial charge on any atom is -0.393 e. The van der Waals surface area contributed by atoms with Crippen molar-refractivity contribution in [2.24, 2.45) is 0 Å². The number of aromatic nitrogens is 2. The number of benzene rings is 3. The van der Waals surface area contributed by atoms with Crippen LogP contribution in [0.5, 0.6) is 0 Å². The molecule has 0 radical (unpaired) electrons. The van der Waals surface area contributed by atoms with Crippen molar-refractivity contribution in [3.63, 3.8) is 0 Å². The maximum Gasteiger partial charge on any atom is 0.416 e. The first kappa shape index (κ1) is 23.6. The number of amides is 1. The van der Waals surface area contributed by atoms with Crippen molar-refractivity contribution in [2.75, 3.05) is 16.5 Å². The molecule has 0 fully saturated rings. The maximum atomic E-state index is 13.2. The third-order valence-electron chi connectivity index (χ3n) is 5.17. The molecule has 3 aromatic carbocycles. The Hall–Kier alpha value is -4.60. The summed E-state index contributed by atoms with van der Waals surface area (Å²) in [6.07, 6.45) is -3.31. The molecule has 0 aliphatic heterocycles. The van der Waals surface area contributed by atoms with Crippen LogP contribution in [0.3, 0.4) is 0 Å². The topological polar surface area (TPSA) is 105 Å². The lowest BCUT2D eigenvalue weighted by atomic mass is 9.91. The van der Waals surface area contributed by atoms with Gasteiger partial charge in [-0.1, -0.05) is 66.7 Å². The summed E-state index contributed by atoms with van der Waals surface area (Å²) < 4.78 is 39.0. The normalized spacial score (nSPS) is 11.2. The van der Waals surface area contributed by atoms with Gasteiger partial charge in [0.15, 0.2) is 11.6 Å². The van der Waals surface area contributed by atoms with Crippen molar-refractivity contribution in [2.45, 2.75) is 12.1 Å².